The van der Waals surface area contributed by atoms with Gasteiger partial charge in [-0.1, -0.05) is 13.0 Å². The lowest BCUT2D eigenvalue weighted by atomic mass is 10.2. The van der Waals surface area contributed by atoms with Crippen molar-refractivity contribution in [3.8, 4) is 0 Å². The van der Waals surface area contributed by atoms with E-state index in [0.717, 1.165) is 24.3 Å². The maximum atomic E-state index is 11.7. The third kappa shape index (κ3) is 2.58. The summed E-state index contributed by atoms with van der Waals surface area (Å²) in [5, 5.41) is 7.29. The van der Waals surface area contributed by atoms with Crippen molar-refractivity contribution in [2.45, 2.75) is 19.9 Å². The van der Waals surface area contributed by atoms with Crippen molar-refractivity contribution < 1.29 is 0 Å². The number of aryl methyl sites for hydroxylation is 1. The van der Waals surface area contributed by atoms with Gasteiger partial charge in [-0.25, -0.2) is 14.5 Å². The van der Waals surface area contributed by atoms with Gasteiger partial charge in [0.25, 0.3) is 0 Å². The molecule has 2 aromatic rings. The van der Waals surface area contributed by atoms with E-state index in [2.05, 4.69) is 22.3 Å². The van der Waals surface area contributed by atoms with Gasteiger partial charge in [0.05, 0.1) is 6.54 Å². The molecule has 0 fully saturated rings. The molecule has 6 heteroatoms. The molecule has 96 valence electrons. The van der Waals surface area contributed by atoms with Crippen LogP contribution in [0, 0.1) is 0 Å². The zero-order valence-electron chi connectivity index (χ0n) is 10.6. The molecule has 0 aromatic carbocycles. The van der Waals surface area contributed by atoms with Crippen LogP contribution in [0.3, 0.4) is 0 Å². The number of anilines is 1. The fourth-order valence-corrected chi connectivity index (χ4v) is 1.66. The number of hydrogen-bond acceptors (Lipinski definition) is 4. The lowest BCUT2D eigenvalue weighted by Crippen LogP contribution is -2.24. The van der Waals surface area contributed by atoms with E-state index in [9.17, 15) is 4.79 Å². The van der Waals surface area contributed by atoms with Crippen LogP contribution in [0.15, 0.2) is 29.5 Å². The van der Waals surface area contributed by atoms with E-state index >= 15 is 0 Å². The molecule has 2 aromatic heterocycles. The van der Waals surface area contributed by atoms with Gasteiger partial charge in [-0.05, 0) is 12.5 Å². The molecule has 0 aliphatic rings. The summed E-state index contributed by atoms with van der Waals surface area (Å²) in [5.74, 6) is 0.817. The molecule has 1 N–H and O–H groups in total. The average Bonchev–Trinajstić information content (AvgIpc) is 2.70. The Morgan fingerprint density at radius 1 is 1.44 bits per heavy atom. The molecule has 0 saturated heterocycles. The minimum atomic E-state index is -0.125. The topological polar surface area (TPSA) is 64.7 Å². The van der Waals surface area contributed by atoms with E-state index in [-0.39, 0.29) is 5.69 Å². The van der Waals surface area contributed by atoms with Crippen LogP contribution in [0.2, 0.25) is 0 Å². The van der Waals surface area contributed by atoms with Gasteiger partial charge in [0, 0.05) is 25.4 Å². The fraction of sp³-hybridized carbons (Fsp3) is 0.417. The fourth-order valence-electron chi connectivity index (χ4n) is 1.66. The standard InChI is InChI=1S/C12H17N5O/c1-3-6-13-11-10(5-4-7-14-11)8-17-12(18)16(2)9-15-17/h4-5,7,9H,3,6,8H2,1-2H3,(H,13,14). The molecule has 2 rings (SSSR count). The first-order chi connectivity index (χ1) is 8.72. The lowest BCUT2D eigenvalue weighted by molar-refractivity contribution is 0.646. The summed E-state index contributed by atoms with van der Waals surface area (Å²) in [6.07, 6.45) is 4.28. The zero-order valence-corrected chi connectivity index (χ0v) is 10.6. The van der Waals surface area contributed by atoms with Gasteiger partial charge in [-0.3, -0.25) is 4.57 Å². The maximum Gasteiger partial charge on any atom is 0.345 e. The maximum absolute atomic E-state index is 11.7. The third-order valence-electron chi connectivity index (χ3n) is 2.64. The number of hydrogen-bond donors (Lipinski definition) is 1. The zero-order chi connectivity index (χ0) is 13.0. The summed E-state index contributed by atoms with van der Waals surface area (Å²) < 4.78 is 2.88. The van der Waals surface area contributed by atoms with Crippen LogP contribution in [0.1, 0.15) is 18.9 Å². The first kappa shape index (κ1) is 12.3. The number of rotatable bonds is 5. The lowest BCUT2D eigenvalue weighted by Gasteiger charge is -2.09. The van der Waals surface area contributed by atoms with E-state index in [1.807, 2.05) is 12.1 Å². The van der Waals surface area contributed by atoms with Crippen LogP contribution in [-0.2, 0) is 13.6 Å². The summed E-state index contributed by atoms with van der Waals surface area (Å²) in [6.45, 7) is 3.39. The molecule has 0 aliphatic heterocycles. The first-order valence-electron chi connectivity index (χ1n) is 5.98. The molecule has 0 amide bonds. The predicted octanol–water partition coefficient (Wildman–Crippen LogP) is 0.847. The molecule has 2 heterocycles. The van der Waals surface area contributed by atoms with E-state index < -0.39 is 0 Å². The minimum Gasteiger partial charge on any atom is -0.370 e. The highest BCUT2D eigenvalue weighted by Crippen LogP contribution is 2.11. The van der Waals surface area contributed by atoms with Crippen LogP contribution in [0.5, 0.6) is 0 Å². The molecule has 0 bridgehead atoms. The summed E-state index contributed by atoms with van der Waals surface area (Å²) in [5.41, 5.74) is 0.840. The number of pyridine rings is 1. The number of nitrogens with zero attached hydrogens (tertiary/aromatic N) is 4. The Morgan fingerprint density at radius 3 is 2.94 bits per heavy atom. The van der Waals surface area contributed by atoms with Crippen molar-refractivity contribution in [2.75, 3.05) is 11.9 Å². The average molecular weight is 247 g/mol. The Hall–Kier alpha value is -2.11. The van der Waals surface area contributed by atoms with Crippen LogP contribution in [-0.4, -0.2) is 25.9 Å². The number of aromatic nitrogens is 4. The molecule has 0 atom stereocenters. The molecule has 0 spiro atoms. The van der Waals surface area contributed by atoms with Crippen molar-refractivity contribution >= 4 is 5.82 Å². The van der Waals surface area contributed by atoms with E-state index in [0.29, 0.717) is 6.54 Å². The van der Waals surface area contributed by atoms with Crippen LogP contribution >= 0.6 is 0 Å². The normalized spacial score (nSPS) is 10.6. The molecule has 0 aliphatic carbocycles. The van der Waals surface area contributed by atoms with Crippen molar-refractivity contribution in [3.05, 3.63) is 40.7 Å². The number of nitrogens with one attached hydrogen (secondary N) is 1. The quantitative estimate of drug-likeness (QED) is 0.850. The molecular weight excluding hydrogens is 230 g/mol. The first-order valence-corrected chi connectivity index (χ1v) is 5.98. The Bertz CT molecular complexity index is 572. The Morgan fingerprint density at radius 2 is 2.28 bits per heavy atom. The summed E-state index contributed by atoms with van der Waals surface area (Å²) in [4.78, 5) is 16.0. The van der Waals surface area contributed by atoms with Crippen molar-refractivity contribution in [1.82, 2.24) is 19.3 Å². The summed E-state index contributed by atoms with van der Waals surface area (Å²) in [6, 6.07) is 3.81. The second-order valence-corrected chi connectivity index (χ2v) is 4.12. The molecule has 6 nitrogen and oxygen atoms in total. The molecule has 0 radical (unpaired) electrons. The van der Waals surface area contributed by atoms with Gasteiger partial charge in [0.15, 0.2) is 0 Å². The van der Waals surface area contributed by atoms with Crippen molar-refractivity contribution in [1.29, 1.82) is 0 Å². The molecule has 18 heavy (non-hydrogen) atoms. The highest BCUT2D eigenvalue weighted by Gasteiger charge is 2.07. The third-order valence-corrected chi connectivity index (χ3v) is 2.64. The van der Waals surface area contributed by atoms with Gasteiger partial charge in [0.1, 0.15) is 12.1 Å². The summed E-state index contributed by atoms with van der Waals surface area (Å²) >= 11 is 0. The van der Waals surface area contributed by atoms with Gasteiger partial charge in [0.2, 0.25) is 0 Å². The van der Waals surface area contributed by atoms with Crippen molar-refractivity contribution in [2.24, 2.45) is 7.05 Å². The summed E-state index contributed by atoms with van der Waals surface area (Å²) in [7, 11) is 1.69. The molecular formula is C12H17N5O. The van der Waals surface area contributed by atoms with E-state index in [1.54, 1.807) is 13.2 Å². The van der Waals surface area contributed by atoms with E-state index in [1.165, 1.54) is 15.6 Å². The van der Waals surface area contributed by atoms with Crippen LogP contribution in [0.4, 0.5) is 5.82 Å². The van der Waals surface area contributed by atoms with Crippen LogP contribution in [0.25, 0.3) is 0 Å². The van der Waals surface area contributed by atoms with Gasteiger partial charge in [-0.2, -0.15) is 5.10 Å². The predicted molar refractivity (Wildman–Crippen MR) is 69.6 cm³/mol. The van der Waals surface area contributed by atoms with Crippen LogP contribution < -0.4 is 11.0 Å². The van der Waals surface area contributed by atoms with Gasteiger partial charge in [-0.15, -0.1) is 0 Å². The monoisotopic (exact) mass is 247 g/mol. The Labute approximate surface area is 105 Å². The second kappa shape index (κ2) is 5.48. The Kier molecular flexibility index (Phi) is 3.76. The second-order valence-electron chi connectivity index (χ2n) is 4.12. The van der Waals surface area contributed by atoms with Crippen molar-refractivity contribution in [3.63, 3.8) is 0 Å². The molecule has 0 unspecified atom stereocenters. The van der Waals surface area contributed by atoms with Gasteiger partial charge >= 0.3 is 5.69 Å². The van der Waals surface area contributed by atoms with E-state index in [4.69, 9.17) is 0 Å². The van der Waals surface area contributed by atoms with Gasteiger partial charge < -0.3 is 5.32 Å². The highest BCUT2D eigenvalue weighted by molar-refractivity contribution is 5.43. The molecule has 0 saturated carbocycles. The minimum absolute atomic E-state index is 0.125. The largest absolute Gasteiger partial charge is 0.370 e. The Balaban J connectivity index is 2.23. The smallest absolute Gasteiger partial charge is 0.345 e. The SMILES string of the molecule is CCCNc1ncccc1Cn1ncn(C)c1=O. The highest BCUT2D eigenvalue weighted by atomic mass is 16.2.